The smallest absolute Gasteiger partial charge is 0.250 e. The summed E-state index contributed by atoms with van der Waals surface area (Å²) in [5.41, 5.74) is 2.48. The van der Waals surface area contributed by atoms with Crippen LogP contribution >= 0.6 is 0 Å². The van der Waals surface area contributed by atoms with Gasteiger partial charge in [0.25, 0.3) is 0 Å². The van der Waals surface area contributed by atoms with Crippen molar-refractivity contribution in [1.82, 2.24) is 19.7 Å². The molecule has 1 N–H and O–H groups in total. The molecule has 2 amide bonds. The molecule has 2 aliphatic rings. The van der Waals surface area contributed by atoms with E-state index >= 15 is 0 Å². The highest BCUT2D eigenvalue weighted by atomic mass is 16.2. The Morgan fingerprint density at radius 1 is 1.00 bits per heavy atom. The second kappa shape index (κ2) is 8.44. The van der Waals surface area contributed by atoms with E-state index in [-0.39, 0.29) is 35.4 Å². The number of fused-ring (bicyclic) bond motifs is 1. The predicted molar refractivity (Wildman–Crippen MR) is 141 cm³/mol. The molecule has 2 aromatic heterocycles. The fourth-order valence-electron chi connectivity index (χ4n) is 5.34. The van der Waals surface area contributed by atoms with Gasteiger partial charge in [0.15, 0.2) is 0 Å². The molecular weight excluding hydrogens is 466 g/mol. The minimum Gasteiger partial charge on any atom is -0.350 e. The van der Waals surface area contributed by atoms with Crippen LogP contribution < -0.4 is 15.8 Å². The topological polar surface area (TPSA) is 89.2 Å². The van der Waals surface area contributed by atoms with Crippen LogP contribution in [0.5, 0.6) is 0 Å². The molecule has 1 saturated carbocycles. The highest BCUT2D eigenvalue weighted by molar-refractivity contribution is 6.03. The lowest BCUT2D eigenvalue weighted by Crippen LogP contribution is -2.46. The largest absolute Gasteiger partial charge is 0.350 e. The summed E-state index contributed by atoms with van der Waals surface area (Å²) in [6.45, 7) is 3.83. The number of rotatable bonds is 5. The normalized spacial score (nSPS) is 20.9. The van der Waals surface area contributed by atoms with Gasteiger partial charge in [-0.25, -0.2) is 4.68 Å². The van der Waals surface area contributed by atoms with E-state index in [1.165, 1.54) is 10.6 Å². The van der Waals surface area contributed by atoms with Gasteiger partial charge in [0, 0.05) is 36.3 Å². The summed E-state index contributed by atoms with van der Waals surface area (Å²) in [7, 11) is 1.71. The van der Waals surface area contributed by atoms with Gasteiger partial charge in [-0.2, -0.15) is 5.10 Å². The van der Waals surface area contributed by atoms with Gasteiger partial charge < -0.3 is 14.8 Å². The zero-order valence-corrected chi connectivity index (χ0v) is 21.1. The van der Waals surface area contributed by atoms with Crippen molar-refractivity contribution in [3.8, 4) is 5.69 Å². The van der Waals surface area contributed by atoms with Crippen molar-refractivity contribution in [3.05, 3.63) is 89.0 Å². The molecule has 1 aliphatic heterocycles. The van der Waals surface area contributed by atoms with E-state index in [9.17, 15) is 14.4 Å². The van der Waals surface area contributed by atoms with E-state index < -0.39 is 5.41 Å². The predicted octanol–water partition coefficient (Wildman–Crippen LogP) is 3.73. The summed E-state index contributed by atoms with van der Waals surface area (Å²) < 4.78 is 3.30. The number of carbonyl (C=O) groups is 2. The zero-order chi connectivity index (χ0) is 25.9. The molecule has 2 fully saturated rings. The third-order valence-electron chi connectivity index (χ3n) is 7.67. The molecule has 0 bridgehead atoms. The van der Waals surface area contributed by atoms with E-state index in [4.69, 9.17) is 0 Å². The first kappa shape index (κ1) is 23.2. The summed E-state index contributed by atoms with van der Waals surface area (Å²) in [4.78, 5) is 40.5. The maximum Gasteiger partial charge on any atom is 0.250 e. The SMILES string of the molecule is Cn1cc(-n2ncc3cc(N4C(=O)C(C)(C)[C@H](NC(=O)C5CC5)[C@H]4c4ccccc4)ccc32)ccc1=O. The Balaban J connectivity index is 1.43. The number of hydrogen-bond acceptors (Lipinski definition) is 4. The average molecular weight is 496 g/mol. The van der Waals surface area contributed by atoms with Gasteiger partial charge in [-0.3, -0.25) is 14.4 Å². The van der Waals surface area contributed by atoms with E-state index in [1.54, 1.807) is 30.2 Å². The highest BCUT2D eigenvalue weighted by Crippen LogP contribution is 2.47. The van der Waals surface area contributed by atoms with Crippen molar-refractivity contribution in [2.24, 2.45) is 18.4 Å². The first-order valence-corrected chi connectivity index (χ1v) is 12.6. The van der Waals surface area contributed by atoms with Crippen molar-refractivity contribution in [2.45, 2.75) is 38.8 Å². The summed E-state index contributed by atoms with van der Waals surface area (Å²) >= 11 is 0. The standard InChI is InChI=1S/C29H29N5O3/c1-29(2)26(31-27(36)19-9-10-19)25(18-7-5-4-6-8-18)33(28(29)37)21-11-13-23-20(15-21)16-30-34(23)22-12-14-24(35)32(3)17-22/h4-8,11-17,19,25-26H,9-10H2,1-3H3,(H,31,36)/t25-,26-/m1/s1. The molecular formula is C29H29N5O3. The van der Waals surface area contributed by atoms with Crippen LogP contribution in [-0.2, 0) is 16.6 Å². The van der Waals surface area contributed by atoms with Crippen molar-refractivity contribution in [3.63, 3.8) is 0 Å². The quantitative estimate of drug-likeness (QED) is 0.457. The molecule has 1 aliphatic carbocycles. The molecule has 0 radical (unpaired) electrons. The molecule has 0 spiro atoms. The van der Waals surface area contributed by atoms with Crippen LogP contribution in [0.1, 0.15) is 38.3 Å². The Labute approximate surface area is 214 Å². The first-order chi connectivity index (χ1) is 17.8. The van der Waals surface area contributed by atoms with Crippen LogP contribution in [-0.4, -0.2) is 32.2 Å². The lowest BCUT2D eigenvalue weighted by Gasteiger charge is -2.31. The summed E-state index contributed by atoms with van der Waals surface area (Å²) in [6.07, 6.45) is 5.32. The maximum absolute atomic E-state index is 13.9. The molecule has 2 atom stereocenters. The Morgan fingerprint density at radius 3 is 2.43 bits per heavy atom. The molecule has 8 nitrogen and oxygen atoms in total. The van der Waals surface area contributed by atoms with E-state index in [0.717, 1.165) is 40.7 Å². The van der Waals surface area contributed by atoms with Crippen LogP contribution in [0.4, 0.5) is 5.69 Å². The van der Waals surface area contributed by atoms with Crippen LogP contribution in [0.15, 0.2) is 77.9 Å². The number of aromatic nitrogens is 3. The molecule has 1 saturated heterocycles. The van der Waals surface area contributed by atoms with Crippen molar-refractivity contribution in [1.29, 1.82) is 0 Å². The molecule has 6 rings (SSSR count). The lowest BCUT2D eigenvalue weighted by molar-refractivity contribution is -0.126. The van der Waals surface area contributed by atoms with E-state index in [2.05, 4.69) is 10.4 Å². The number of carbonyl (C=O) groups excluding carboxylic acids is 2. The van der Waals surface area contributed by atoms with Crippen molar-refractivity contribution >= 4 is 28.4 Å². The Bertz CT molecular complexity index is 1580. The molecule has 3 heterocycles. The second-order valence-electron chi connectivity index (χ2n) is 10.6. The average Bonchev–Trinajstić information content (AvgIpc) is 3.63. The number of amides is 2. The van der Waals surface area contributed by atoms with Gasteiger partial charge in [-0.15, -0.1) is 0 Å². The van der Waals surface area contributed by atoms with Gasteiger partial charge in [0.05, 0.1) is 34.9 Å². The fourth-order valence-corrected chi connectivity index (χ4v) is 5.34. The minimum atomic E-state index is -0.793. The highest BCUT2D eigenvalue weighted by Gasteiger charge is 2.55. The number of nitrogens with zero attached hydrogens (tertiary/aromatic N) is 4. The molecule has 188 valence electrons. The summed E-state index contributed by atoms with van der Waals surface area (Å²) in [5, 5.41) is 8.66. The Morgan fingerprint density at radius 2 is 1.73 bits per heavy atom. The minimum absolute atomic E-state index is 0.0302. The van der Waals surface area contributed by atoms with Gasteiger partial charge in [-0.1, -0.05) is 30.3 Å². The molecule has 4 aromatic rings. The Kier molecular flexibility index (Phi) is 5.29. The third-order valence-corrected chi connectivity index (χ3v) is 7.67. The van der Waals surface area contributed by atoms with Gasteiger partial charge in [-0.05, 0) is 56.5 Å². The molecule has 0 unspecified atom stereocenters. The van der Waals surface area contributed by atoms with Crippen molar-refractivity contribution in [2.75, 3.05) is 4.90 Å². The van der Waals surface area contributed by atoms with Gasteiger partial charge in [0.1, 0.15) is 0 Å². The number of pyridine rings is 1. The monoisotopic (exact) mass is 495 g/mol. The first-order valence-electron chi connectivity index (χ1n) is 12.6. The summed E-state index contributed by atoms with van der Waals surface area (Å²) in [5.74, 6) is 0.0472. The van der Waals surface area contributed by atoms with Crippen LogP contribution in [0.25, 0.3) is 16.6 Å². The molecule has 8 heteroatoms. The second-order valence-corrected chi connectivity index (χ2v) is 10.6. The number of nitrogens with one attached hydrogen (secondary N) is 1. The third kappa shape index (κ3) is 3.84. The van der Waals surface area contributed by atoms with Gasteiger partial charge in [0.2, 0.25) is 17.4 Å². The maximum atomic E-state index is 13.9. The molecule has 2 aromatic carbocycles. The van der Waals surface area contributed by atoms with Crippen LogP contribution in [0.3, 0.4) is 0 Å². The van der Waals surface area contributed by atoms with E-state index in [1.807, 2.05) is 67.3 Å². The zero-order valence-electron chi connectivity index (χ0n) is 21.1. The van der Waals surface area contributed by atoms with Crippen molar-refractivity contribution < 1.29 is 9.59 Å². The van der Waals surface area contributed by atoms with E-state index in [0.29, 0.717) is 0 Å². The number of anilines is 1. The van der Waals surface area contributed by atoms with Crippen LogP contribution in [0, 0.1) is 11.3 Å². The number of benzene rings is 2. The summed E-state index contributed by atoms with van der Waals surface area (Å²) in [6, 6.07) is 18.3. The number of hydrogen-bond donors (Lipinski definition) is 1. The van der Waals surface area contributed by atoms with Gasteiger partial charge >= 0.3 is 0 Å². The number of aryl methyl sites for hydroxylation is 1. The lowest BCUT2D eigenvalue weighted by atomic mass is 9.82. The Hall–Kier alpha value is -4.20. The van der Waals surface area contributed by atoms with Crippen LogP contribution in [0.2, 0.25) is 0 Å². The fraction of sp³-hybridized carbons (Fsp3) is 0.310. The molecule has 37 heavy (non-hydrogen) atoms.